The number of hydrogen-bond donors (Lipinski definition) is 1. The first-order chi connectivity index (χ1) is 6.79. The Morgan fingerprint density at radius 2 is 2.36 bits per heavy atom. The molecule has 1 unspecified atom stereocenters. The highest BCUT2D eigenvalue weighted by Crippen LogP contribution is 1.94. The topological polar surface area (TPSA) is 42.0 Å². The maximum absolute atomic E-state index is 10.7. The highest BCUT2D eigenvalue weighted by atomic mass is 32.2. The van der Waals surface area contributed by atoms with Gasteiger partial charge in [-0.3, -0.25) is 9.19 Å². The van der Waals surface area contributed by atoms with Crippen LogP contribution in [0.4, 0.5) is 0 Å². The molecule has 0 aliphatic rings. The van der Waals surface area contributed by atoms with E-state index in [1.54, 1.807) is 12.5 Å². The summed E-state index contributed by atoms with van der Waals surface area (Å²) in [6, 6.07) is 4.00. The summed E-state index contributed by atoms with van der Waals surface area (Å²) in [4.78, 5) is 4.04. The van der Waals surface area contributed by atoms with Gasteiger partial charge in [-0.1, -0.05) is 6.07 Å². The van der Waals surface area contributed by atoms with Crippen LogP contribution in [0.1, 0.15) is 5.56 Å². The van der Waals surface area contributed by atoms with E-state index in [4.69, 9.17) is 0 Å². The van der Waals surface area contributed by atoms with E-state index in [-0.39, 0.29) is 0 Å². The fourth-order valence-corrected chi connectivity index (χ4v) is 1.55. The van der Waals surface area contributed by atoms with Crippen molar-refractivity contribution in [2.24, 2.45) is 0 Å². The van der Waals surface area contributed by atoms with E-state index in [1.807, 2.05) is 12.3 Å². The number of nitrogens with zero attached hydrogens (tertiary/aromatic N) is 1. The van der Waals surface area contributed by atoms with Gasteiger partial charge in [-0.05, 0) is 24.6 Å². The normalized spacial score (nSPS) is 12.6. The van der Waals surface area contributed by atoms with Crippen LogP contribution in [0.25, 0.3) is 0 Å². The molecule has 4 heteroatoms. The van der Waals surface area contributed by atoms with Gasteiger partial charge in [0.05, 0.1) is 0 Å². The van der Waals surface area contributed by atoms with Crippen molar-refractivity contribution in [1.82, 2.24) is 10.3 Å². The van der Waals surface area contributed by atoms with Crippen molar-refractivity contribution in [1.29, 1.82) is 0 Å². The van der Waals surface area contributed by atoms with Crippen LogP contribution in [0.5, 0.6) is 0 Å². The van der Waals surface area contributed by atoms with Crippen molar-refractivity contribution in [3.8, 4) is 0 Å². The largest absolute Gasteiger partial charge is 0.315 e. The van der Waals surface area contributed by atoms with Crippen molar-refractivity contribution in [3.05, 3.63) is 30.1 Å². The summed E-state index contributed by atoms with van der Waals surface area (Å²) in [7, 11) is -0.688. The predicted molar refractivity (Wildman–Crippen MR) is 59.7 cm³/mol. The van der Waals surface area contributed by atoms with Gasteiger partial charge in [0.2, 0.25) is 0 Å². The van der Waals surface area contributed by atoms with Gasteiger partial charge in [-0.15, -0.1) is 0 Å². The van der Waals surface area contributed by atoms with Crippen LogP contribution >= 0.6 is 0 Å². The molecule has 1 heterocycles. The van der Waals surface area contributed by atoms with Crippen LogP contribution < -0.4 is 5.32 Å². The van der Waals surface area contributed by atoms with Gasteiger partial charge < -0.3 is 5.32 Å². The predicted octanol–water partition coefficient (Wildman–Crippen LogP) is 0.592. The second kappa shape index (κ2) is 6.68. The quantitative estimate of drug-likeness (QED) is 0.702. The summed E-state index contributed by atoms with van der Waals surface area (Å²) in [5, 5.41) is 3.24. The molecule has 14 heavy (non-hydrogen) atoms. The van der Waals surface area contributed by atoms with E-state index < -0.39 is 10.8 Å². The van der Waals surface area contributed by atoms with Crippen LogP contribution in [-0.2, 0) is 17.2 Å². The first-order valence-electron chi connectivity index (χ1n) is 4.68. The van der Waals surface area contributed by atoms with Gasteiger partial charge in [0.25, 0.3) is 0 Å². The summed E-state index contributed by atoms with van der Waals surface area (Å²) in [5.74, 6) is 0.729. The van der Waals surface area contributed by atoms with E-state index in [1.165, 1.54) is 5.56 Å². The minimum atomic E-state index is -0.688. The minimum absolute atomic E-state index is 0.688. The van der Waals surface area contributed by atoms with Crippen LogP contribution in [-0.4, -0.2) is 34.3 Å². The fraction of sp³-hybridized carbons (Fsp3) is 0.500. The Morgan fingerprint density at radius 3 is 3.00 bits per heavy atom. The molecular formula is C10H16N2OS. The van der Waals surface area contributed by atoms with Gasteiger partial charge >= 0.3 is 0 Å². The molecule has 0 radical (unpaired) electrons. The molecule has 1 aromatic heterocycles. The Morgan fingerprint density at radius 1 is 1.50 bits per heavy atom. The van der Waals surface area contributed by atoms with Crippen molar-refractivity contribution < 1.29 is 4.21 Å². The third-order valence-corrected chi connectivity index (χ3v) is 2.66. The number of pyridine rings is 1. The van der Waals surface area contributed by atoms with Gasteiger partial charge in [-0.2, -0.15) is 0 Å². The Labute approximate surface area is 87.4 Å². The molecule has 3 nitrogen and oxygen atoms in total. The Balaban J connectivity index is 2.08. The number of nitrogens with one attached hydrogen (secondary N) is 1. The maximum Gasteiger partial charge on any atom is 0.0357 e. The standard InChI is InChI=1S/C10H16N2OS/c1-14(13)8-7-11-6-4-10-3-2-5-12-9-10/h2-3,5,9,11H,4,6-8H2,1H3. The average molecular weight is 212 g/mol. The summed E-state index contributed by atoms with van der Waals surface area (Å²) in [6.07, 6.45) is 6.35. The lowest BCUT2D eigenvalue weighted by atomic mass is 10.2. The van der Waals surface area contributed by atoms with Crippen LogP contribution in [0.15, 0.2) is 24.5 Å². The summed E-state index contributed by atoms with van der Waals surface area (Å²) < 4.78 is 10.7. The SMILES string of the molecule is CS(=O)CCNCCc1cccnc1. The molecule has 1 rings (SSSR count). The number of rotatable bonds is 6. The fourth-order valence-electron chi connectivity index (χ4n) is 1.12. The molecule has 1 aromatic rings. The highest BCUT2D eigenvalue weighted by molar-refractivity contribution is 7.84. The van der Waals surface area contributed by atoms with Gasteiger partial charge in [-0.25, -0.2) is 0 Å². The first-order valence-corrected chi connectivity index (χ1v) is 6.41. The molecule has 78 valence electrons. The van der Waals surface area contributed by atoms with Gasteiger partial charge in [0.15, 0.2) is 0 Å². The second-order valence-corrected chi connectivity index (χ2v) is 4.69. The first kappa shape index (κ1) is 11.3. The van der Waals surface area contributed by atoms with E-state index in [0.717, 1.165) is 25.3 Å². The lowest BCUT2D eigenvalue weighted by molar-refractivity contribution is 0.675. The third kappa shape index (κ3) is 5.09. The Hall–Kier alpha value is -0.740. The summed E-state index contributed by atoms with van der Waals surface area (Å²) >= 11 is 0. The van der Waals surface area contributed by atoms with E-state index in [0.29, 0.717) is 0 Å². The highest BCUT2D eigenvalue weighted by Gasteiger charge is 1.93. The average Bonchev–Trinajstić information content (AvgIpc) is 2.18. The lowest BCUT2D eigenvalue weighted by Gasteiger charge is -2.02. The minimum Gasteiger partial charge on any atom is -0.315 e. The smallest absolute Gasteiger partial charge is 0.0357 e. The molecule has 0 fully saturated rings. The molecule has 0 amide bonds. The monoisotopic (exact) mass is 212 g/mol. The number of hydrogen-bond acceptors (Lipinski definition) is 3. The Bertz CT molecular complexity index is 277. The zero-order chi connectivity index (χ0) is 10.2. The third-order valence-electron chi connectivity index (χ3n) is 1.88. The van der Waals surface area contributed by atoms with Crippen molar-refractivity contribution in [2.75, 3.05) is 25.1 Å². The Kier molecular flexibility index (Phi) is 5.40. The molecule has 0 aliphatic carbocycles. The molecule has 0 bridgehead atoms. The number of aromatic nitrogens is 1. The summed E-state index contributed by atoms with van der Waals surface area (Å²) in [5.41, 5.74) is 1.23. The molecule has 1 atom stereocenters. The maximum atomic E-state index is 10.7. The van der Waals surface area contributed by atoms with Crippen LogP contribution in [0.2, 0.25) is 0 Å². The zero-order valence-corrected chi connectivity index (χ0v) is 9.22. The van der Waals surface area contributed by atoms with E-state index in [2.05, 4.69) is 16.4 Å². The van der Waals surface area contributed by atoms with E-state index in [9.17, 15) is 4.21 Å². The molecule has 0 saturated carbocycles. The van der Waals surface area contributed by atoms with Gasteiger partial charge in [0.1, 0.15) is 0 Å². The van der Waals surface area contributed by atoms with Crippen LogP contribution in [0.3, 0.4) is 0 Å². The van der Waals surface area contributed by atoms with Gasteiger partial charge in [0, 0.05) is 41.7 Å². The summed E-state index contributed by atoms with van der Waals surface area (Å²) in [6.45, 7) is 1.74. The molecule has 0 saturated heterocycles. The lowest BCUT2D eigenvalue weighted by Crippen LogP contribution is -2.22. The van der Waals surface area contributed by atoms with Crippen molar-refractivity contribution in [2.45, 2.75) is 6.42 Å². The van der Waals surface area contributed by atoms with E-state index >= 15 is 0 Å². The van der Waals surface area contributed by atoms with Crippen molar-refractivity contribution in [3.63, 3.8) is 0 Å². The second-order valence-electron chi connectivity index (χ2n) is 3.14. The van der Waals surface area contributed by atoms with Crippen molar-refractivity contribution >= 4 is 10.8 Å². The molecule has 0 spiro atoms. The molecule has 0 aliphatic heterocycles. The van der Waals surface area contributed by atoms with Crippen LogP contribution in [0, 0.1) is 0 Å². The molecular weight excluding hydrogens is 196 g/mol. The zero-order valence-electron chi connectivity index (χ0n) is 8.40. The molecule has 1 N–H and O–H groups in total. The molecule has 0 aromatic carbocycles.